The van der Waals surface area contributed by atoms with E-state index in [0.29, 0.717) is 37.0 Å². The fourth-order valence-electron chi connectivity index (χ4n) is 3.03. The van der Waals surface area contributed by atoms with Crippen LogP contribution in [0.4, 0.5) is 0 Å². The van der Waals surface area contributed by atoms with Gasteiger partial charge in [-0.15, -0.1) is 12.4 Å². The first-order valence-electron chi connectivity index (χ1n) is 7.96. The van der Waals surface area contributed by atoms with Crippen LogP contribution in [0.1, 0.15) is 24.4 Å². The molecule has 1 aromatic heterocycles. The molecule has 1 fully saturated rings. The fraction of sp³-hybridized carbons (Fsp3) is 0.438. The van der Waals surface area contributed by atoms with E-state index in [1.165, 1.54) is 4.31 Å². The lowest BCUT2D eigenvalue weighted by molar-refractivity contribution is 0.271. The molecule has 1 aromatic carbocycles. The van der Waals surface area contributed by atoms with E-state index in [4.69, 9.17) is 11.6 Å². The molecule has 2 heterocycles. The van der Waals surface area contributed by atoms with Gasteiger partial charge in [0.05, 0.1) is 6.04 Å². The molecule has 3 rings (SSSR count). The molecule has 0 bridgehead atoms. The number of nitrogens with zero attached hydrogens (tertiary/aromatic N) is 3. The minimum absolute atomic E-state index is 0. The Balaban J connectivity index is 0.00000225. The maximum absolute atomic E-state index is 13.1. The lowest BCUT2D eigenvalue weighted by Gasteiger charge is -2.35. The largest absolute Gasteiger partial charge is 0.334 e. The van der Waals surface area contributed by atoms with Crippen LogP contribution >= 0.6 is 24.0 Å². The summed E-state index contributed by atoms with van der Waals surface area (Å²) < 4.78 is 29.6. The normalized spacial score (nSPS) is 18.8. The lowest BCUT2D eigenvalue weighted by Crippen LogP contribution is -2.48. The van der Waals surface area contributed by atoms with Crippen molar-refractivity contribution in [3.8, 4) is 0 Å². The smallest absolute Gasteiger partial charge is 0.262 e. The van der Waals surface area contributed by atoms with Gasteiger partial charge in [0.25, 0.3) is 10.0 Å². The second-order valence-electron chi connectivity index (χ2n) is 5.77. The number of benzene rings is 1. The van der Waals surface area contributed by atoms with E-state index in [0.717, 1.165) is 5.56 Å². The van der Waals surface area contributed by atoms with Gasteiger partial charge in [0, 0.05) is 37.4 Å². The second kappa shape index (κ2) is 8.05. The third-order valence-corrected chi connectivity index (χ3v) is 6.45. The van der Waals surface area contributed by atoms with Crippen molar-refractivity contribution in [2.45, 2.75) is 31.5 Å². The predicted molar refractivity (Wildman–Crippen MR) is 101 cm³/mol. The monoisotopic (exact) mass is 404 g/mol. The summed E-state index contributed by atoms with van der Waals surface area (Å²) in [7, 11) is -3.69. The van der Waals surface area contributed by atoms with Crippen LogP contribution in [0.3, 0.4) is 0 Å². The van der Waals surface area contributed by atoms with Crippen molar-refractivity contribution in [2.75, 3.05) is 19.6 Å². The zero-order valence-corrected chi connectivity index (χ0v) is 16.5. The number of hydrogen-bond acceptors (Lipinski definition) is 4. The first kappa shape index (κ1) is 20.2. The highest BCUT2D eigenvalue weighted by atomic mass is 35.5. The lowest BCUT2D eigenvalue weighted by atomic mass is 10.1. The summed E-state index contributed by atoms with van der Waals surface area (Å²) in [5, 5.41) is 3.92. The van der Waals surface area contributed by atoms with Crippen molar-refractivity contribution in [2.24, 2.45) is 0 Å². The van der Waals surface area contributed by atoms with Gasteiger partial charge < -0.3 is 9.88 Å². The molecule has 6 nitrogen and oxygen atoms in total. The fourth-order valence-corrected chi connectivity index (χ4v) is 4.89. The topological polar surface area (TPSA) is 67.2 Å². The number of sulfonamides is 1. The van der Waals surface area contributed by atoms with Crippen molar-refractivity contribution < 1.29 is 8.42 Å². The van der Waals surface area contributed by atoms with Crippen LogP contribution in [-0.2, 0) is 16.6 Å². The summed E-state index contributed by atoms with van der Waals surface area (Å²) in [6.45, 7) is 5.97. The van der Waals surface area contributed by atoms with E-state index in [2.05, 4.69) is 10.3 Å². The van der Waals surface area contributed by atoms with Crippen molar-refractivity contribution in [3.63, 3.8) is 0 Å². The van der Waals surface area contributed by atoms with Crippen molar-refractivity contribution in [1.82, 2.24) is 19.2 Å². The molecule has 1 unspecified atom stereocenters. The van der Waals surface area contributed by atoms with E-state index < -0.39 is 10.0 Å². The molecular weight excluding hydrogens is 383 g/mol. The maximum atomic E-state index is 13.1. The predicted octanol–water partition coefficient (Wildman–Crippen LogP) is 2.62. The average Bonchev–Trinajstić information content (AvgIpc) is 2.97. The van der Waals surface area contributed by atoms with Gasteiger partial charge in [0.15, 0.2) is 5.03 Å². The third kappa shape index (κ3) is 3.85. The quantitative estimate of drug-likeness (QED) is 0.849. The number of rotatable bonds is 4. The van der Waals surface area contributed by atoms with Crippen LogP contribution in [0, 0.1) is 6.92 Å². The van der Waals surface area contributed by atoms with Crippen LogP contribution < -0.4 is 5.32 Å². The van der Waals surface area contributed by atoms with E-state index in [1.807, 2.05) is 36.6 Å². The Kier molecular flexibility index (Phi) is 6.51. The van der Waals surface area contributed by atoms with Gasteiger partial charge in [-0.2, -0.15) is 4.31 Å². The molecule has 138 valence electrons. The third-order valence-electron chi connectivity index (χ3n) is 4.33. The molecule has 0 radical (unpaired) electrons. The molecule has 1 aliphatic heterocycles. The molecule has 0 aliphatic carbocycles. The highest BCUT2D eigenvalue weighted by Gasteiger charge is 2.36. The number of imidazole rings is 1. The Bertz CT molecular complexity index is 838. The van der Waals surface area contributed by atoms with E-state index in [-0.39, 0.29) is 23.5 Å². The molecule has 9 heteroatoms. The Labute approximate surface area is 159 Å². The molecule has 25 heavy (non-hydrogen) atoms. The number of piperazine rings is 1. The van der Waals surface area contributed by atoms with Gasteiger partial charge in [-0.05, 0) is 25.5 Å². The van der Waals surface area contributed by atoms with Crippen molar-refractivity contribution in [1.29, 1.82) is 0 Å². The minimum Gasteiger partial charge on any atom is -0.334 e. The van der Waals surface area contributed by atoms with Gasteiger partial charge in [0.2, 0.25) is 0 Å². The second-order valence-corrected chi connectivity index (χ2v) is 8.01. The summed E-state index contributed by atoms with van der Waals surface area (Å²) in [4.78, 5) is 4.26. The first-order valence-corrected chi connectivity index (χ1v) is 9.77. The Morgan fingerprint density at radius 3 is 2.72 bits per heavy atom. The Hall–Kier alpha value is -1.12. The average molecular weight is 405 g/mol. The van der Waals surface area contributed by atoms with Crippen LogP contribution in [0.25, 0.3) is 0 Å². The van der Waals surface area contributed by atoms with Gasteiger partial charge in [-0.1, -0.05) is 29.8 Å². The molecule has 1 aliphatic rings. The Morgan fingerprint density at radius 1 is 1.36 bits per heavy atom. The van der Waals surface area contributed by atoms with Gasteiger partial charge in [-0.3, -0.25) is 0 Å². The number of aromatic nitrogens is 2. The molecule has 0 saturated carbocycles. The maximum Gasteiger partial charge on any atom is 0.262 e. The Morgan fingerprint density at radius 2 is 2.08 bits per heavy atom. The van der Waals surface area contributed by atoms with Crippen LogP contribution in [0.2, 0.25) is 5.02 Å². The molecule has 0 amide bonds. The molecule has 1 saturated heterocycles. The summed E-state index contributed by atoms with van der Waals surface area (Å²) in [5.41, 5.74) is 0.807. The van der Waals surface area contributed by atoms with E-state index in [1.54, 1.807) is 12.3 Å². The SMILES string of the molecule is CCn1cc(S(=O)(=O)N2CCNCC2c2ccccc2Cl)nc1C.Cl. The summed E-state index contributed by atoms with van der Waals surface area (Å²) >= 11 is 6.30. The summed E-state index contributed by atoms with van der Waals surface area (Å²) in [5.74, 6) is 0.695. The van der Waals surface area contributed by atoms with Gasteiger partial charge >= 0.3 is 0 Å². The highest BCUT2D eigenvalue weighted by molar-refractivity contribution is 7.89. The van der Waals surface area contributed by atoms with E-state index in [9.17, 15) is 8.42 Å². The first-order chi connectivity index (χ1) is 11.4. The van der Waals surface area contributed by atoms with Crippen LogP contribution in [0.5, 0.6) is 0 Å². The van der Waals surface area contributed by atoms with Crippen molar-refractivity contribution in [3.05, 3.63) is 46.9 Å². The van der Waals surface area contributed by atoms with Gasteiger partial charge in [0.1, 0.15) is 5.82 Å². The molecule has 1 atom stereocenters. The van der Waals surface area contributed by atoms with Crippen molar-refractivity contribution >= 4 is 34.0 Å². The number of nitrogens with one attached hydrogen (secondary N) is 1. The summed E-state index contributed by atoms with van der Waals surface area (Å²) in [6, 6.07) is 7.03. The zero-order valence-electron chi connectivity index (χ0n) is 14.1. The molecule has 2 aromatic rings. The molecule has 0 spiro atoms. The number of halogens is 2. The van der Waals surface area contributed by atoms with E-state index >= 15 is 0 Å². The number of hydrogen-bond donors (Lipinski definition) is 1. The van der Waals surface area contributed by atoms with Crippen LogP contribution in [-0.4, -0.2) is 41.9 Å². The van der Waals surface area contributed by atoms with Gasteiger partial charge in [-0.25, -0.2) is 13.4 Å². The molecule has 1 N–H and O–H groups in total. The molecular formula is C16H22Cl2N4O2S. The minimum atomic E-state index is -3.69. The summed E-state index contributed by atoms with van der Waals surface area (Å²) in [6.07, 6.45) is 1.61. The zero-order chi connectivity index (χ0) is 17.3. The highest BCUT2D eigenvalue weighted by Crippen LogP contribution is 2.32. The standard InChI is InChI=1S/C16H21ClN4O2S.ClH/c1-3-20-11-16(19-12(20)2)24(22,23)21-9-8-18-10-15(21)13-6-4-5-7-14(13)17;/h4-7,11,15,18H,3,8-10H2,1-2H3;1H. The number of aryl methyl sites for hydroxylation is 2. The van der Waals surface area contributed by atoms with Crippen LogP contribution in [0.15, 0.2) is 35.5 Å².